The third-order valence-electron chi connectivity index (χ3n) is 3.60. The first-order valence-electron chi connectivity index (χ1n) is 6.13. The van der Waals surface area contributed by atoms with Gasteiger partial charge in [0.1, 0.15) is 0 Å². The van der Waals surface area contributed by atoms with E-state index in [4.69, 9.17) is 10.5 Å². The summed E-state index contributed by atoms with van der Waals surface area (Å²) in [5, 5.41) is 2.78. The van der Waals surface area contributed by atoms with Gasteiger partial charge in [0.2, 0.25) is 0 Å². The lowest BCUT2D eigenvalue weighted by molar-refractivity contribution is -0.0374. The number of nitrogens with one attached hydrogen (secondary N) is 1. The summed E-state index contributed by atoms with van der Waals surface area (Å²) in [6, 6.07) is 0.0248. The number of nitrogens with zero attached hydrogens (tertiary/aromatic N) is 1. The van der Waals surface area contributed by atoms with E-state index in [2.05, 4.69) is 5.32 Å². The Bertz CT molecular complexity index is 252. The highest BCUT2D eigenvalue weighted by atomic mass is 16.5. The molecule has 1 heterocycles. The van der Waals surface area contributed by atoms with Crippen LogP contribution in [0.3, 0.4) is 0 Å². The minimum absolute atomic E-state index is 0.0248. The fraction of sp³-hybridized carbons (Fsp3) is 0.909. The van der Waals surface area contributed by atoms with Crippen LogP contribution in [0, 0.1) is 0 Å². The summed E-state index contributed by atoms with van der Waals surface area (Å²) in [6.45, 7) is 3.41. The highest BCUT2D eigenvalue weighted by molar-refractivity contribution is 5.76. The zero-order valence-electron chi connectivity index (χ0n) is 9.71. The van der Waals surface area contributed by atoms with Crippen molar-refractivity contribution < 1.29 is 9.53 Å². The van der Waals surface area contributed by atoms with E-state index in [9.17, 15) is 4.79 Å². The van der Waals surface area contributed by atoms with E-state index in [1.165, 1.54) is 12.8 Å². The first-order chi connectivity index (χ1) is 7.76. The van der Waals surface area contributed by atoms with Gasteiger partial charge < -0.3 is 20.7 Å². The molecule has 2 amide bonds. The normalized spacial score (nSPS) is 23.8. The summed E-state index contributed by atoms with van der Waals surface area (Å²) in [6.07, 6.45) is 4.55. The number of ether oxygens (including phenoxy) is 1. The Kier molecular flexibility index (Phi) is 3.66. The van der Waals surface area contributed by atoms with Gasteiger partial charge in [-0.05, 0) is 12.8 Å². The lowest BCUT2D eigenvalue weighted by Crippen LogP contribution is -2.40. The van der Waals surface area contributed by atoms with E-state index >= 15 is 0 Å². The van der Waals surface area contributed by atoms with Gasteiger partial charge in [-0.2, -0.15) is 0 Å². The molecule has 0 aromatic carbocycles. The summed E-state index contributed by atoms with van der Waals surface area (Å²) in [5.74, 6) is 0. The molecule has 0 unspecified atom stereocenters. The van der Waals surface area contributed by atoms with Gasteiger partial charge >= 0.3 is 6.03 Å². The number of amides is 2. The Morgan fingerprint density at radius 1 is 1.44 bits per heavy atom. The molecule has 3 N–H and O–H groups in total. The van der Waals surface area contributed by atoms with Gasteiger partial charge in [-0.25, -0.2) is 4.79 Å². The van der Waals surface area contributed by atoms with E-state index in [1.54, 1.807) is 4.90 Å². The van der Waals surface area contributed by atoms with Gasteiger partial charge in [-0.1, -0.05) is 12.8 Å². The first-order valence-corrected chi connectivity index (χ1v) is 6.13. The molecule has 1 aliphatic carbocycles. The highest BCUT2D eigenvalue weighted by Gasteiger charge is 2.33. The second kappa shape index (κ2) is 5.01. The molecule has 2 aliphatic rings. The van der Waals surface area contributed by atoms with Crippen molar-refractivity contribution in [1.29, 1.82) is 0 Å². The van der Waals surface area contributed by atoms with E-state index < -0.39 is 0 Å². The third kappa shape index (κ3) is 2.47. The Labute approximate surface area is 96.3 Å². The molecule has 5 nitrogen and oxygen atoms in total. The summed E-state index contributed by atoms with van der Waals surface area (Å²) < 4.78 is 5.90. The van der Waals surface area contributed by atoms with E-state index in [1.807, 2.05) is 0 Å². The molecule has 1 aliphatic heterocycles. The summed E-state index contributed by atoms with van der Waals surface area (Å²) in [7, 11) is 0. The second-order valence-corrected chi connectivity index (χ2v) is 4.66. The van der Waals surface area contributed by atoms with Crippen LogP contribution in [0.1, 0.15) is 25.7 Å². The smallest absolute Gasteiger partial charge is 0.317 e. The number of rotatable bonds is 5. The largest absolute Gasteiger partial charge is 0.372 e. The maximum Gasteiger partial charge on any atom is 0.317 e. The van der Waals surface area contributed by atoms with Crippen LogP contribution < -0.4 is 11.1 Å². The predicted octanol–water partition coefficient (Wildman–Crippen LogP) is 0.300. The minimum Gasteiger partial charge on any atom is -0.372 e. The number of hydrogen-bond donors (Lipinski definition) is 2. The van der Waals surface area contributed by atoms with Crippen LogP contribution >= 0.6 is 0 Å². The molecule has 0 aromatic rings. The number of carbonyl (C=O) groups is 1. The Morgan fingerprint density at radius 3 is 2.75 bits per heavy atom. The lowest BCUT2D eigenvalue weighted by Gasteiger charge is -2.28. The van der Waals surface area contributed by atoms with Gasteiger partial charge in [-0.15, -0.1) is 0 Å². The maximum atomic E-state index is 11.3. The molecule has 92 valence electrons. The molecule has 0 spiro atoms. The van der Waals surface area contributed by atoms with Crippen LogP contribution in [0.5, 0.6) is 0 Å². The standard InChI is InChI=1S/C11H21N3O2/c12-9-11(3-1-2-4-11)16-8-7-14-6-5-13-10(14)15/h1-9,12H2,(H,13,15). The molecule has 2 rings (SSSR count). The Balaban J connectivity index is 1.72. The quantitative estimate of drug-likeness (QED) is 0.710. The molecular weight excluding hydrogens is 206 g/mol. The molecule has 1 saturated heterocycles. The van der Waals surface area contributed by atoms with Crippen LogP contribution in [0.2, 0.25) is 0 Å². The van der Waals surface area contributed by atoms with Crippen LogP contribution in [0.4, 0.5) is 4.79 Å². The zero-order chi connectivity index (χ0) is 11.4. The maximum absolute atomic E-state index is 11.3. The first kappa shape index (κ1) is 11.7. The fourth-order valence-corrected chi connectivity index (χ4v) is 2.52. The highest BCUT2D eigenvalue weighted by Crippen LogP contribution is 2.32. The van der Waals surface area contributed by atoms with Gasteiger partial charge in [-0.3, -0.25) is 0 Å². The van der Waals surface area contributed by atoms with E-state index in [0.29, 0.717) is 19.7 Å². The number of nitrogens with two attached hydrogens (primary N) is 1. The lowest BCUT2D eigenvalue weighted by atomic mass is 10.0. The van der Waals surface area contributed by atoms with Crippen molar-refractivity contribution in [2.24, 2.45) is 5.73 Å². The molecule has 0 radical (unpaired) electrons. The number of urea groups is 1. The van der Waals surface area contributed by atoms with Crippen molar-refractivity contribution in [2.45, 2.75) is 31.3 Å². The Morgan fingerprint density at radius 2 is 2.19 bits per heavy atom. The number of hydrogen-bond acceptors (Lipinski definition) is 3. The van der Waals surface area contributed by atoms with E-state index in [0.717, 1.165) is 25.9 Å². The van der Waals surface area contributed by atoms with Gasteiger partial charge in [0.05, 0.1) is 12.2 Å². The molecule has 0 bridgehead atoms. The fourth-order valence-electron chi connectivity index (χ4n) is 2.52. The van der Waals surface area contributed by atoms with Crippen molar-refractivity contribution in [3.63, 3.8) is 0 Å². The summed E-state index contributed by atoms with van der Waals surface area (Å²) in [5.41, 5.74) is 5.67. The average molecular weight is 227 g/mol. The van der Waals surface area contributed by atoms with Crippen molar-refractivity contribution in [3.05, 3.63) is 0 Å². The van der Waals surface area contributed by atoms with Crippen LogP contribution in [-0.2, 0) is 4.74 Å². The van der Waals surface area contributed by atoms with Crippen molar-refractivity contribution in [2.75, 3.05) is 32.8 Å². The van der Waals surface area contributed by atoms with Gasteiger partial charge in [0.15, 0.2) is 0 Å². The molecule has 5 heteroatoms. The predicted molar refractivity (Wildman–Crippen MR) is 61.2 cm³/mol. The molecule has 2 fully saturated rings. The Hall–Kier alpha value is -0.810. The monoisotopic (exact) mass is 227 g/mol. The second-order valence-electron chi connectivity index (χ2n) is 4.66. The molecular formula is C11H21N3O2. The zero-order valence-corrected chi connectivity index (χ0v) is 9.71. The average Bonchev–Trinajstić information content (AvgIpc) is 2.90. The van der Waals surface area contributed by atoms with Gasteiger partial charge in [0.25, 0.3) is 0 Å². The summed E-state index contributed by atoms with van der Waals surface area (Å²) in [4.78, 5) is 13.1. The third-order valence-corrected chi connectivity index (χ3v) is 3.60. The summed E-state index contributed by atoms with van der Waals surface area (Å²) >= 11 is 0. The molecule has 0 aromatic heterocycles. The van der Waals surface area contributed by atoms with Gasteiger partial charge in [0, 0.05) is 26.2 Å². The molecule has 1 saturated carbocycles. The van der Waals surface area contributed by atoms with Crippen LogP contribution in [0.15, 0.2) is 0 Å². The van der Waals surface area contributed by atoms with Crippen LogP contribution in [0.25, 0.3) is 0 Å². The molecule has 0 atom stereocenters. The van der Waals surface area contributed by atoms with Crippen molar-refractivity contribution in [1.82, 2.24) is 10.2 Å². The van der Waals surface area contributed by atoms with Crippen molar-refractivity contribution >= 4 is 6.03 Å². The minimum atomic E-state index is -0.101. The van der Waals surface area contributed by atoms with E-state index in [-0.39, 0.29) is 11.6 Å². The molecule has 16 heavy (non-hydrogen) atoms. The van der Waals surface area contributed by atoms with Crippen LogP contribution in [-0.4, -0.2) is 49.3 Å². The SMILES string of the molecule is NCC1(OCCN2CCNC2=O)CCCC1. The van der Waals surface area contributed by atoms with Crippen molar-refractivity contribution in [3.8, 4) is 0 Å². The topological polar surface area (TPSA) is 67.6 Å². The number of carbonyl (C=O) groups excluding carboxylic acids is 1.